The van der Waals surface area contributed by atoms with Crippen LogP contribution in [0.4, 0.5) is 0 Å². The second-order valence-corrected chi connectivity index (χ2v) is 5.19. The molecule has 1 aromatic carbocycles. The first-order valence-corrected chi connectivity index (χ1v) is 6.65. The predicted molar refractivity (Wildman–Crippen MR) is 71.2 cm³/mol. The van der Waals surface area contributed by atoms with Crippen LogP contribution in [0.5, 0.6) is 0 Å². The van der Waals surface area contributed by atoms with Gasteiger partial charge in [0.1, 0.15) is 0 Å². The molecule has 1 atom stereocenters. The lowest BCUT2D eigenvalue weighted by atomic mass is 10.1. The van der Waals surface area contributed by atoms with Crippen LogP contribution in [0.3, 0.4) is 0 Å². The van der Waals surface area contributed by atoms with Crippen LogP contribution in [0, 0.1) is 12.8 Å². The topological polar surface area (TPSA) is 49.3 Å². The lowest BCUT2D eigenvalue weighted by Gasteiger charge is -2.10. The Labute approximate surface area is 108 Å². The Bertz CT molecular complexity index is 395. The first-order chi connectivity index (χ1) is 8.65. The van der Waals surface area contributed by atoms with Crippen molar-refractivity contribution < 1.29 is 9.90 Å². The summed E-state index contributed by atoms with van der Waals surface area (Å²) in [5.41, 5.74) is 2.41. The van der Waals surface area contributed by atoms with Crippen LogP contribution < -0.4 is 5.32 Å². The van der Waals surface area contributed by atoms with E-state index in [9.17, 15) is 9.90 Å². The Morgan fingerprint density at radius 2 is 2.06 bits per heavy atom. The van der Waals surface area contributed by atoms with Crippen molar-refractivity contribution in [1.82, 2.24) is 5.32 Å². The Hall–Kier alpha value is -1.35. The minimum absolute atomic E-state index is 0.0234. The third-order valence-corrected chi connectivity index (χ3v) is 3.44. The molecule has 0 spiro atoms. The Kier molecular flexibility index (Phi) is 4.37. The van der Waals surface area contributed by atoms with Crippen LogP contribution in [0.15, 0.2) is 24.3 Å². The number of hydrogen-bond acceptors (Lipinski definition) is 2. The minimum Gasteiger partial charge on any atom is -0.391 e. The monoisotopic (exact) mass is 247 g/mol. The molecule has 1 aliphatic rings. The van der Waals surface area contributed by atoms with Gasteiger partial charge < -0.3 is 10.4 Å². The minimum atomic E-state index is -0.353. The first-order valence-electron chi connectivity index (χ1n) is 6.65. The van der Waals surface area contributed by atoms with Gasteiger partial charge in [-0.3, -0.25) is 4.79 Å². The molecule has 0 saturated heterocycles. The van der Waals surface area contributed by atoms with Crippen molar-refractivity contribution in [2.45, 2.75) is 38.7 Å². The number of carbonyl (C=O) groups is 1. The summed E-state index contributed by atoms with van der Waals surface area (Å²) in [6, 6.07) is 8.23. The second kappa shape index (κ2) is 6.01. The van der Waals surface area contributed by atoms with Crippen LogP contribution in [-0.2, 0) is 11.2 Å². The van der Waals surface area contributed by atoms with Gasteiger partial charge in [0.15, 0.2) is 0 Å². The van der Waals surface area contributed by atoms with E-state index in [0.717, 1.165) is 19.3 Å². The van der Waals surface area contributed by atoms with Crippen molar-refractivity contribution in [2.75, 3.05) is 6.54 Å². The molecule has 1 aliphatic carbocycles. The summed E-state index contributed by atoms with van der Waals surface area (Å²) in [5.74, 6) is 0.442. The summed E-state index contributed by atoms with van der Waals surface area (Å²) in [7, 11) is 0. The zero-order valence-corrected chi connectivity index (χ0v) is 10.9. The van der Waals surface area contributed by atoms with Crippen molar-refractivity contribution >= 4 is 5.91 Å². The highest BCUT2D eigenvalue weighted by Gasteiger charge is 2.29. The van der Waals surface area contributed by atoms with Crippen molar-refractivity contribution in [3.05, 3.63) is 35.4 Å². The highest BCUT2D eigenvalue weighted by Crippen LogP contribution is 2.32. The summed E-state index contributed by atoms with van der Waals surface area (Å²) in [6.45, 7) is 2.45. The van der Waals surface area contributed by atoms with E-state index in [1.807, 2.05) is 0 Å². The maximum Gasteiger partial charge on any atom is 0.220 e. The molecule has 0 aromatic heterocycles. The van der Waals surface area contributed by atoms with Crippen LogP contribution in [-0.4, -0.2) is 23.7 Å². The first kappa shape index (κ1) is 13.1. The van der Waals surface area contributed by atoms with Crippen molar-refractivity contribution in [3.8, 4) is 0 Å². The number of benzene rings is 1. The lowest BCUT2D eigenvalue weighted by molar-refractivity contribution is -0.121. The maximum absolute atomic E-state index is 11.6. The van der Waals surface area contributed by atoms with E-state index in [4.69, 9.17) is 0 Å². The fraction of sp³-hybridized carbons (Fsp3) is 0.533. The molecule has 1 saturated carbocycles. The lowest BCUT2D eigenvalue weighted by Crippen LogP contribution is -2.33. The van der Waals surface area contributed by atoms with Gasteiger partial charge in [-0.25, -0.2) is 0 Å². The Balaban J connectivity index is 1.66. The molecule has 1 amide bonds. The fourth-order valence-corrected chi connectivity index (χ4v) is 1.97. The van der Waals surface area contributed by atoms with Gasteiger partial charge >= 0.3 is 0 Å². The molecule has 2 N–H and O–H groups in total. The number of aliphatic hydroxyl groups is 1. The average molecular weight is 247 g/mol. The highest BCUT2D eigenvalue weighted by atomic mass is 16.3. The predicted octanol–water partition coefficient (Wildman–Crippen LogP) is 1.81. The normalized spacial score (nSPS) is 16.3. The van der Waals surface area contributed by atoms with Gasteiger partial charge in [0.25, 0.3) is 0 Å². The fourth-order valence-electron chi connectivity index (χ4n) is 1.97. The molecule has 18 heavy (non-hydrogen) atoms. The van der Waals surface area contributed by atoms with E-state index in [0.29, 0.717) is 18.9 Å². The number of hydrogen-bond donors (Lipinski definition) is 2. The van der Waals surface area contributed by atoms with Crippen LogP contribution in [0.1, 0.15) is 30.4 Å². The molecular weight excluding hydrogens is 226 g/mol. The summed E-state index contributed by atoms with van der Waals surface area (Å²) >= 11 is 0. The number of amides is 1. The molecule has 0 radical (unpaired) electrons. The average Bonchev–Trinajstić information content (AvgIpc) is 3.19. The third kappa shape index (κ3) is 4.15. The van der Waals surface area contributed by atoms with Gasteiger partial charge in [-0.15, -0.1) is 0 Å². The molecule has 3 nitrogen and oxygen atoms in total. The second-order valence-electron chi connectivity index (χ2n) is 5.19. The highest BCUT2D eigenvalue weighted by molar-refractivity contribution is 5.76. The van der Waals surface area contributed by atoms with Crippen LogP contribution in [0.25, 0.3) is 0 Å². The molecule has 98 valence electrons. The van der Waals surface area contributed by atoms with Crippen LogP contribution >= 0.6 is 0 Å². The summed E-state index contributed by atoms with van der Waals surface area (Å²) < 4.78 is 0. The summed E-state index contributed by atoms with van der Waals surface area (Å²) in [6.07, 6.45) is 3.08. The SMILES string of the molecule is Cc1ccc(CCC(=O)NCC(O)C2CC2)cc1. The van der Waals surface area contributed by atoms with Gasteiger partial charge in [-0.2, -0.15) is 0 Å². The largest absolute Gasteiger partial charge is 0.391 e. The molecule has 1 fully saturated rings. The summed E-state index contributed by atoms with van der Waals surface area (Å²) in [5, 5.41) is 12.4. The molecule has 3 heteroatoms. The zero-order valence-electron chi connectivity index (χ0n) is 10.9. The van der Waals surface area contributed by atoms with Crippen molar-refractivity contribution in [3.63, 3.8) is 0 Å². The molecule has 0 heterocycles. The molecule has 1 aromatic rings. The Morgan fingerprint density at radius 1 is 1.39 bits per heavy atom. The number of aliphatic hydroxyl groups excluding tert-OH is 1. The van der Waals surface area contributed by atoms with Gasteiger partial charge in [0.05, 0.1) is 6.10 Å². The van der Waals surface area contributed by atoms with Gasteiger partial charge in [-0.1, -0.05) is 29.8 Å². The maximum atomic E-state index is 11.6. The van der Waals surface area contributed by atoms with Gasteiger partial charge in [0.2, 0.25) is 5.91 Å². The van der Waals surface area contributed by atoms with Crippen LogP contribution in [0.2, 0.25) is 0 Å². The number of nitrogens with one attached hydrogen (secondary N) is 1. The van der Waals surface area contributed by atoms with E-state index in [1.165, 1.54) is 11.1 Å². The quantitative estimate of drug-likeness (QED) is 0.805. The standard InChI is InChI=1S/C15H21NO2/c1-11-2-4-12(5-3-11)6-9-15(18)16-10-14(17)13-7-8-13/h2-5,13-14,17H,6-10H2,1H3,(H,16,18). The molecule has 0 bridgehead atoms. The van der Waals surface area contributed by atoms with Gasteiger partial charge in [-0.05, 0) is 37.7 Å². The number of carbonyl (C=O) groups excluding carboxylic acids is 1. The molecule has 0 aliphatic heterocycles. The van der Waals surface area contributed by atoms with E-state index in [-0.39, 0.29) is 12.0 Å². The van der Waals surface area contributed by atoms with Crippen molar-refractivity contribution in [2.24, 2.45) is 5.92 Å². The number of aryl methyl sites for hydroxylation is 2. The van der Waals surface area contributed by atoms with Gasteiger partial charge in [0, 0.05) is 13.0 Å². The molecule has 1 unspecified atom stereocenters. The van der Waals surface area contributed by atoms with E-state index >= 15 is 0 Å². The summed E-state index contributed by atoms with van der Waals surface area (Å²) in [4.78, 5) is 11.6. The Morgan fingerprint density at radius 3 is 2.67 bits per heavy atom. The van der Waals surface area contributed by atoms with E-state index in [2.05, 4.69) is 36.5 Å². The smallest absolute Gasteiger partial charge is 0.220 e. The zero-order chi connectivity index (χ0) is 13.0. The number of rotatable bonds is 6. The van der Waals surface area contributed by atoms with E-state index < -0.39 is 0 Å². The molecule has 2 rings (SSSR count). The van der Waals surface area contributed by atoms with Crippen molar-refractivity contribution in [1.29, 1.82) is 0 Å². The van der Waals surface area contributed by atoms with E-state index in [1.54, 1.807) is 0 Å². The third-order valence-electron chi connectivity index (χ3n) is 3.44. The molecular formula is C15H21NO2.